The summed E-state index contributed by atoms with van der Waals surface area (Å²) in [5, 5.41) is 11.1. The molecule has 1 amide bonds. The predicted molar refractivity (Wildman–Crippen MR) is 70.3 cm³/mol. The molecule has 2 atom stereocenters. The first-order valence-electron chi connectivity index (χ1n) is 6.46. The van der Waals surface area contributed by atoms with Gasteiger partial charge in [0.2, 0.25) is 5.91 Å². The first-order valence-corrected chi connectivity index (χ1v) is 7.34. The fourth-order valence-electron chi connectivity index (χ4n) is 3.21. The largest absolute Gasteiger partial charge is 0.395 e. The number of nitrogens with zero attached hydrogens (tertiary/aromatic N) is 2. The lowest BCUT2D eigenvalue weighted by Gasteiger charge is -2.24. The van der Waals surface area contributed by atoms with Crippen LogP contribution < -0.4 is 0 Å². The van der Waals surface area contributed by atoms with E-state index in [1.807, 2.05) is 4.90 Å². The van der Waals surface area contributed by atoms with Crippen molar-refractivity contribution >= 4 is 17.2 Å². The van der Waals surface area contributed by atoms with Crippen LogP contribution in [0.2, 0.25) is 0 Å². The Labute approximate surface area is 111 Å². The smallest absolute Gasteiger partial charge is 0.224 e. The third-order valence-electron chi connectivity index (χ3n) is 4.01. The van der Waals surface area contributed by atoms with Crippen LogP contribution in [0, 0.1) is 0 Å². The van der Waals surface area contributed by atoms with Crippen LogP contribution in [-0.2, 0) is 11.3 Å². The van der Waals surface area contributed by atoms with Gasteiger partial charge in [0.25, 0.3) is 0 Å². The molecular weight excluding hydrogens is 248 g/mol. The fraction of sp³-hybridized carbons (Fsp3) is 0.615. The molecular formula is C13H18N2O2S. The number of fused-ring (bicyclic) bond motifs is 1. The quantitative estimate of drug-likeness (QED) is 0.881. The summed E-state index contributed by atoms with van der Waals surface area (Å²) in [4.78, 5) is 17.6. The van der Waals surface area contributed by atoms with Crippen LogP contribution in [-0.4, -0.2) is 52.6 Å². The molecule has 2 fully saturated rings. The number of aliphatic hydroxyl groups is 1. The molecule has 0 radical (unpaired) electrons. The standard InChI is InChI=1S/C13H18N2O2S/c16-6-5-15-11-3-4-14(12(11)8-13(15)17)9-10-2-1-7-18-10/h1-2,7,11-12,16H,3-6,8-9H2. The van der Waals surface area contributed by atoms with Crippen molar-refractivity contribution in [2.75, 3.05) is 19.7 Å². The van der Waals surface area contributed by atoms with Crippen LogP contribution in [0.1, 0.15) is 17.7 Å². The summed E-state index contributed by atoms with van der Waals surface area (Å²) in [6, 6.07) is 4.90. The number of carbonyl (C=O) groups excluding carboxylic acids is 1. The molecule has 4 nitrogen and oxygen atoms in total. The minimum atomic E-state index is 0.0693. The summed E-state index contributed by atoms with van der Waals surface area (Å²) in [5.41, 5.74) is 0. The molecule has 2 aliphatic heterocycles. The van der Waals surface area contributed by atoms with Gasteiger partial charge in [0.05, 0.1) is 6.61 Å². The number of likely N-dealkylation sites (tertiary alicyclic amines) is 2. The predicted octanol–water partition coefficient (Wildman–Crippen LogP) is 0.916. The number of thiophene rings is 1. The summed E-state index contributed by atoms with van der Waals surface area (Å²) in [6.07, 6.45) is 1.66. The van der Waals surface area contributed by atoms with Crippen LogP contribution in [0.3, 0.4) is 0 Å². The lowest BCUT2D eigenvalue weighted by Crippen LogP contribution is -2.38. The van der Waals surface area contributed by atoms with Crippen LogP contribution in [0.25, 0.3) is 0 Å². The second kappa shape index (κ2) is 4.99. The van der Waals surface area contributed by atoms with Gasteiger partial charge in [-0.15, -0.1) is 11.3 Å². The average molecular weight is 266 g/mol. The average Bonchev–Trinajstić information content (AvgIpc) is 3.03. The molecule has 1 aromatic rings. The van der Waals surface area contributed by atoms with E-state index in [2.05, 4.69) is 22.4 Å². The summed E-state index contributed by atoms with van der Waals surface area (Å²) < 4.78 is 0. The maximum atomic E-state index is 11.9. The van der Waals surface area contributed by atoms with Gasteiger partial charge in [0, 0.05) is 43.0 Å². The van der Waals surface area contributed by atoms with E-state index >= 15 is 0 Å². The van der Waals surface area contributed by atoms with E-state index in [0.29, 0.717) is 25.0 Å². The third-order valence-corrected chi connectivity index (χ3v) is 4.87. The zero-order valence-electron chi connectivity index (χ0n) is 10.3. The van der Waals surface area contributed by atoms with Gasteiger partial charge in [-0.25, -0.2) is 0 Å². The highest BCUT2D eigenvalue weighted by Crippen LogP contribution is 2.33. The second-order valence-corrected chi connectivity index (χ2v) is 6.02. The number of rotatable bonds is 4. The van der Waals surface area contributed by atoms with E-state index in [1.54, 1.807) is 11.3 Å². The number of amides is 1. The van der Waals surface area contributed by atoms with E-state index in [4.69, 9.17) is 5.11 Å². The molecule has 2 saturated heterocycles. The molecule has 3 heterocycles. The second-order valence-electron chi connectivity index (χ2n) is 4.99. The van der Waals surface area contributed by atoms with Crippen LogP contribution in [0.15, 0.2) is 17.5 Å². The summed E-state index contributed by atoms with van der Waals surface area (Å²) >= 11 is 1.78. The molecule has 0 bridgehead atoms. The number of β-amino-alcohol motifs (C(OH)–C–C–N with tert-alkyl or cyclic N) is 1. The van der Waals surface area contributed by atoms with Crippen LogP contribution in [0.5, 0.6) is 0 Å². The van der Waals surface area contributed by atoms with Crippen molar-refractivity contribution in [1.29, 1.82) is 0 Å². The summed E-state index contributed by atoms with van der Waals surface area (Å²) in [5.74, 6) is 0.204. The highest BCUT2D eigenvalue weighted by atomic mass is 32.1. The Morgan fingerprint density at radius 1 is 1.44 bits per heavy atom. The fourth-order valence-corrected chi connectivity index (χ4v) is 3.94. The van der Waals surface area contributed by atoms with Gasteiger partial charge >= 0.3 is 0 Å². The lowest BCUT2D eigenvalue weighted by atomic mass is 10.1. The summed E-state index contributed by atoms with van der Waals surface area (Å²) in [6.45, 7) is 2.58. The molecule has 18 heavy (non-hydrogen) atoms. The zero-order valence-corrected chi connectivity index (χ0v) is 11.1. The highest BCUT2D eigenvalue weighted by Gasteiger charge is 2.46. The maximum Gasteiger partial charge on any atom is 0.224 e. The van der Waals surface area contributed by atoms with Gasteiger partial charge in [-0.3, -0.25) is 9.69 Å². The normalized spacial score (nSPS) is 28.1. The van der Waals surface area contributed by atoms with Crippen molar-refractivity contribution in [3.63, 3.8) is 0 Å². The Kier molecular flexibility index (Phi) is 3.37. The van der Waals surface area contributed by atoms with Crippen molar-refractivity contribution in [2.45, 2.75) is 31.5 Å². The monoisotopic (exact) mass is 266 g/mol. The van der Waals surface area contributed by atoms with E-state index in [0.717, 1.165) is 19.5 Å². The molecule has 98 valence electrons. The van der Waals surface area contributed by atoms with E-state index in [1.165, 1.54) is 4.88 Å². The molecule has 0 aromatic carbocycles. The molecule has 5 heteroatoms. The first-order chi connectivity index (χ1) is 8.79. The molecule has 2 unspecified atom stereocenters. The molecule has 0 aliphatic carbocycles. The minimum Gasteiger partial charge on any atom is -0.395 e. The highest BCUT2D eigenvalue weighted by molar-refractivity contribution is 7.09. The molecule has 1 N–H and O–H groups in total. The van der Waals surface area contributed by atoms with Gasteiger partial charge in [0.15, 0.2) is 0 Å². The van der Waals surface area contributed by atoms with Crippen LogP contribution >= 0.6 is 11.3 Å². The van der Waals surface area contributed by atoms with Crippen molar-refractivity contribution < 1.29 is 9.90 Å². The number of aliphatic hydroxyl groups excluding tert-OH is 1. The molecule has 3 rings (SSSR count). The van der Waals surface area contributed by atoms with Gasteiger partial charge < -0.3 is 10.0 Å². The molecule has 2 aliphatic rings. The SMILES string of the molecule is O=C1CC2C(CCN2Cc2cccs2)N1CCO. The number of carbonyl (C=O) groups is 1. The Balaban J connectivity index is 1.69. The van der Waals surface area contributed by atoms with E-state index in [9.17, 15) is 4.79 Å². The van der Waals surface area contributed by atoms with Crippen molar-refractivity contribution in [3.05, 3.63) is 22.4 Å². The lowest BCUT2D eigenvalue weighted by molar-refractivity contribution is -0.129. The van der Waals surface area contributed by atoms with E-state index in [-0.39, 0.29) is 12.5 Å². The molecule has 0 saturated carbocycles. The number of hydrogen-bond acceptors (Lipinski definition) is 4. The Hall–Kier alpha value is -0.910. The third kappa shape index (κ3) is 2.06. The topological polar surface area (TPSA) is 43.8 Å². The minimum absolute atomic E-state index is 0.0693. The van der Waals surface area contributed by atoms with Crippen molar-refractivity contribution in [3.8, 4) is 0 Å². The molecule has 1 aromatic heterocycles. The Bertz CT molecular complexity index is 421. The Morgan fingerprint density at radius 3 is 3.06 bits per heavy atom. The summed E-state index contributed by atoms with van der Waals surface area (Å²) in [7, 11) is 0. The van der Waals surface area contributed by atoms with Crippen molar-refractivity contribution in [2.24, 2.45) is 0 Å². The van der Waals surface area contributed by atoms with E-state index < -0.39 is 0 Å². The van der Waals surface area contributed by atoms with Crippen LogP contribution in [0.4, 0.5) is 0 Å². The van der Waals surface area contributed by atoms with Gasteiger partial charge in [0.1, 0.15) is 0 Å². The van der Waals surface area contributed by atoms with Gasteiger partial charge in [-0.05, 0) is 17.9 Å². The maximum absolute atomic E-state index is 11.9. The van der Waals surface area contributed by atoms with Gasteiger partial charge in [-0.2, -0.15) is 0 Å². The first kappa shape index (κ1) is 12.1. The van der Waals surface area contributed by atoms with Crippen molar-refractivity contribution in [1.82, 2.24) is 9.80 Å². The van der Waals surface area contributed by atoms with Gasteiger partial charge in [-0.1, -0.05) is 6.07 Å². The molecule has 0 spiro atoms. The number of hydrogen-bond donors (Lipinski definition) is 1. The Morgan fingerprint density at radius 2 is 2.33 bits per heavy atom. The zero-order chi connectivity index (χ0) is 12.5.